The zero-order chi connectivity index (χ0) is 17.4. The normalized spacial score (nSPS) is 9.91. The topological polar surface area (TPSA) is 70.7 Å². The number of likely N-dealkylation sites (N-methyl/N-ethyl adjacent to an activating group) is 1. The fraction of sp³-hybridized carbons (Fsp3) is 0.438. The highest BCUT2D eigenvalue weighted by molar-refractivity contribution is 7.80. The van der Waals surface area contributed by atoms with Gasteiger partial charge in [-0.25, -0.2) is 4.79 Å². The summed E-state index contributed by atoms with van der Waals surface area (Å²) >= 11 is 5.36. The second-order valence-corrected chi connectivity index (χ2v) is 5.35. The average Bonchev–Trinajstić information content (AvgIpc) is 2.49. The molecule has 0 spiro atoms. The molecule has 0 aliphatic heterocycles. The third-order valence-electron chi connectivity index (χ3n) is 3.37. The summed E-state index contributed by atoms with van der Waals surface area (Å²) in [6.07, 6.45) is -0.748. The number of thiocarbonyl (C=S) groups is 1. The number of carbonyl (C=O) groups excluding carboxylic acids is 2. The second-order valence-electron chi connectivity index (χ2n) is 4.96. The Morgan fingerprint density at radius 2 is 1.96 bits per heavy atom. The molecule has 0 aliphatic rings. The molecule has 7 heteroatoms. The number of amides is 2. The standard InChI is InChI=1S/C16H23N3O3S/c1-5-19(10-14(20)18-16(21)22-6-2)15(23)17-13-9-7-8-11(3)12(13)4/h7-9H,5-6,10H2,1-4H3,(H,17,23)(H,18,20,21). The fourth-order valence-electron chi connectivity index (χ4n) is 1.90. The number of benzene rings is 1. The number of carbonyl (C=O) groups is 2. The molecule has 126 valence electrons. The highest BCUT2D eigenvalue weighted by Crippen LogP contribution is 2.18. The van der Waals surface area contributed by atoms with Crippen LogP contribution in [-0.4, -0.2) is 41.7 Å². The molecule has 0 saturated heterocycles. The van der Waals surface area contributed by atoms with E-state index < -0.39 is 12.0 Å². The minimum atomic E-state index is -0.748. The zero-order valence-corrected chi connectivity index (χ0v) is 14.8. The van der Waals surface area contributed by atoms with Crippen LogP contribution in [0.3, 0.4) is 0 Å². The van der Waals surface area contributed by atoms with E-state index in [0.717, 1.165) is 16.8 Å². The molecule has 0 saturated carbocycles. The van der Waals surface area contributed by atoms with Crippen LogP contribution in [0, 0.1) is 13.8 Å². The van der Waals surface area contributed by atoms with Gasteiger partial charge in [-0.2, -0.15) is 0 Å². The third-order valence-corrected chi connectivity index (χ3v) is 3.73. The Morgan fingerprint density at radius 1 is 1.26 bits per heavy atom. The Balaban J connectivity index is 2.66. The maximum Gasteiger partial charge on any atom is 0.413 e. The maximum atomic E-state index is 11.8. The first-order valence-corrected chi connectivity index (χ1v) is 7.88. The number of imide groups is 1. The molecule has 0 radical (unpaired) electrons. The second kappa shape index (κ2) is 9.09. The van der Waals surface area contributed by atoms with Crippen molar-refractivity contribution in [3.05, 3.63) is 29.3 Å². The summed E-state index contributed by atoms with van der Waals surface area (Å²) in [5.41, 5.74) is 3.15. The molecule has 0 atom stereocenters. The minimum Gasteiger partial charge on any atom is -0.450 e. The summed E-state index contributed by atoms with van der Waals surface area (Å²) in [6.45, 7) is 8.31. The van der Waals surface area contributed by atoms with Gasteiger partial charge >= 0.3 is 6.09 Å². The van der Waals surface area contributed by atoms with Crippen LogP contribution < -0.4 is 10.6 Å². The number of hydrogen-bond acceptors (Lipinski definition) is 4. The van der Waals surface area contributed by atoms with Crippen molar-refractivity contribution >= 4 is 35.0 Å². The number of nitrogens with one attached hydrogen (secondary N) is 2. The monoisotopic (exact) mass is 337 g/mol. The van der Waals surface area contributed by atoms with Crippen molar-refractivity contribution in [1.29, 1.82) is 0 Å². The number of anilines is 1. The lowest BCUT2D eigenvalue weighted by Crippen LogP contribution is -2.44. The lowest BCUT2D eigenvalue weighted by molar-refractivity contribution is -0.120. The summed E-state index contributed by atoms with van der Waals surface area (Å²) in [7, 11) is 0. The molecule has 0 bridgehead atoms. The zero-order valence-electron chi connectivity index (χ0n) is 13.9. The molecule has 6 nitrogen and oxygen atoms in total. The van der Waals surface area contributed by atoms with Gasteiger partial charge in [-0.3, -0.25) is 10.1 Å². The smallest absolute Gasteiger partial charge is 0.413 e. The van der Waals surface area contributed by atoms with Crippen molar-refractivity contribution in [2.45, 2.75) is 27.7 Å². The highest BCUT2D eigenvalue weighted by atomic mass is 32.1. The molecule has 1 rings (SSSR count). The first-order valence-electron chi connectivity index (χ1n) is 7.47. The van der Waals surface area contributed by atoms with Crippen molar-refractivity contribution in [3.8, 4) is 0 Å². The molecule has 0 aromatic heterocycles. The summed E-state index contributed by atoms with van der Waals surface area (Å²) in [5.74, 6) is -0.463. The summed E-state index contributed by atoms with van der Waals surface area (Å²) in [6, 6.07) is 5.89. The molecule has 0 fully saturated rings. The van der Waals surface area contributed by atoms with E-state index in [9.17, 15) is 9.59 Å². The number of ether oxygens (including phenoxy) is 1. The minimum absolute atomic E-state index is 0.0218. The van der Waals surface area contributed by atoms with Gasteiger partial charge in [-0.15, -0.1) is 0 Å². The molecule has 2 amide bonds. The van der Waals surface area contributed by atoms with Crippen molar-refractivity contribution < 1.29 is 14.3 Å². The first-order chi connectivity index (χ1) is 10.9. The van der Waals surface area contributed by atoms with E-state index in [1.807, 2.05) is 39.0 Å². The maximum absolute atomic E-state index is 11.8. The molecule has 1 aromatic rings. The van der Waals surface area contributed by atoms with Gasteiger partial charge in [0.1, 0.15) is 0 Å². The highest BCUT2D eigenvalue weighted by Gasteiger charge is 2.15. The lowest BCUT2D eigenvalue weighted by Gasteiger charge is -2.24. The predicted octanol–water partition coefficient (Wildman–Crippen LogP) is 2.59. The van der Waals surface area contributed by atoms with Gasteiger partial charge in [0.2, 0.25) is 5.91 Å². The van der Waals surface area contributed by atoms with E-state index in [2.05, 4.69) is 15.4 Å². The lowest BCUT2D eigenvalue weighted by atomic mass is 10.1. The van der Waals surface area contributed by atoms with Gasteiger partial charge in [0.25, 0.3) is 0 Å². The SMILES string of the molecule is CCOC(=O)NC(=O)CN(CC)C(=S)Nc1cccc(C)c1C. The first kappa shape index (κ1) is 18.9. The van der Waals surface area contributed by atoms with Crippen molar-refractivity contribution in [2.24, 2.45) is 0 Å². The van der Waals surface area contributed by atoms with Crippen LogP contribution in [0.5, 0.6) is 0 Å². The quantitative estimate of drug-likeness (QED) is 0.805. The van der Waals surface area contributed by atoms with Crippen molar-refractivity contribution in [2.75, 3.05) is 25.0 Å². The third kappa shape index (κ3) is 5.86. The Kier molecular flexibility index (Phi) is 7.47. The van der Waals surface area contributed by atoms with E-state index in [0.29, 0.717) is 11.7 Å². The van der Waals surface area contributed by atoms with Crippen molar-refractivity contribution in [3.63, 3.8) is 0 Å². The molecule has 23 heavy (non-hydrogen) atoms. The van der Waals surface area contributed by atoms with Crippen LogP contribution >= 0.6 is 12.2 Å². The van der Waals surface area contributed by atoms with Gasteiger partial charge in [0.05, 0.1) is 13.2 Å². The molecule has 0 heterocycles. The van der Waals surface area contributed by atoms with Gasteiger partial charge < -0.3 is 15.0 Å². The average molecular weight is 337 g/mol. The summed E-state index contributed by atoms with van der Waals surface area (Å²) in [5, 5.41) is 5.73. The Bertz CT molecular complexity index is 590. The van der Waals surface area contributed by atoms with Crippen LogP contribution in [0.4, 0.5) is 10.5 Å². The summed E-state index contributed by atoms with van der Waals surface area (Å²) in [4.78, 5) is 24.8. The summed E-state index contributed by atoms with van der Waals surface area (Å²) < 4.78 is 4.67. The van der Waals surface area contributed by atoms with Crippen LogP contribution in [0.15, 0.2) is 18.2 Å². The number of rotatable bonds is 5. The number of alkyl carbamates (subject to hydrolysis) is 1. The Morgan fingerprint density at radius 3 is 2.57 bits per heavy atom. The molecule has 0 unspecified atom stereocenters. The van der Waals surface area contributed by atoms with Gasteiger partial charge in [-0.05, 0) is 57.1 Å². The molecular formula is C16H23N3O3S. The van der Waals surface area contributed by atoms with Crippen LogP contribution in [0.25, 0.3) is 0 Å². The predicted molar refractivity (Wildman–Crippen MR) is 94.5 cm³/mol. The fourth-order valence-corrected chi connectivity index (χ4v) is 2.21. The van der Waals surface area contributed by atoms with Crippen LogP contribution in [-0.2, 0) is 9.53 Å². The van der Waals surface area contributed by atoms with Crippen LogP contribution in [0.1, 0.15) is 25.0 Å². The number of hydrogen-bond donors (Lipinski definition) is 2. The molecule has 2 N–H and O–H groups in total. The van der Waals surface area contributed by atoms with Gasteiger partial charge in [0.15, 0.2) is 5.11 Å². The van der Waals surface area contributed by atoms with E-state index in [-0.39, 0.29) is 13.2 Å². The largest absolute Gasteiger partial charge is 0.450 e. The van der Waals surface area contributed by atoms with E-state index in [4.69, 9.17) is 12.2 Å². The van der Waals surface area contributed by atoms with E-state index in [1.165, 1.54) is 0 Å². The molecule has 0 aliphatic carbocycles. The van der Waals surface area contributed by atoms with E-state index >= 15 is 0 Å². The van der Waals surface area contributed by atoms with Gasteiger partial charge in [-0.1, -0.05) is 12.1 Å². The Labute approximate surface area is 142 Å². The van der Waals surface area contributed by atoms with Gasteiger partial charge in [0, 0.05) is 12.2 Å². The van der Waals surface area contributed by atoms with Crippen LogP contribution in [0.2, 0.25) is 0 Å². The Hall–Kier alpha value is -2.15. The molecular weight excluding hydrogens is 314 g/mol. The molecule has 1 aromatic carbocycles. The number of nitrogens with zero attached hydrogens (tertiary/aromatic N) is 1. The van der Waals surface area contributed by atoms with Crippen molar-refractivity contribution in [1.82, 2.24) is 10.2 Å². The van der Waals surface area contributed by atoms with E-state index in [1.54, 1.807) is 11.8 Å². The number of aryl methyl sites for hydroxylation is 1.